The molecule has 1 atom stereocenters. The largest absolute Gasteiger partial charge is 0.443 e. The van der Waals surface area contributed by atoms with Crippen molar-refractivity contribution in [1.82, 2.24) is 4.98 Å². The van der Waals surface area contributed by atoms with Gasteiger partial charge >= 0.3 is 0 Å². The topological polar surface area (TPSA) is 84.0 Å². The summed E-state index contributed by atoms with van der Waals surface area (Å²) in [7, 11) is -1.85. The summed E-state index contributed by atoms with van der Waals surface area (Å²) in [5, 5.41) is 3.58. The summed E-state index contributed by atoms with van der Waals surface area (Å²) < 4.78 is 11.7. The molecule has 106 valence electrons. The van der Waals surface area contributed by atoms with Crippen molar-refractivity contribution in [2.45, 2.75) is 58.5 Å². The van der Waals surface area contributed by atoms with Gasteiger partial charge in [-0.2, -0.15) is 0 Å². The molecule has 0 saturated heterocycles. The lowest BCUT2D eigenvalue weighted by molar-refractivity contribution is 0.167. The van der Waals surface area contributed by atoms with Gasteiger partial charge in [0, 0.05) is 4.91 Å². The monoisotopic (exact) mass is 282 g/mol. The highest BCUT2D eigenvalue weighted by molar-refractivity contribution is 6.74. The molecule has 0 aliphatic carbocycles. The van der Waals surface area contributed by atoms with Gasteiger partial charge in [0.05, 0.1) is 12.7 Å². The minimum atomic E-state index is -1.85. The summed E-state index contributed by atoms with van der Waals surface area (Å²) in [6.45, 7) is 13.1. The number of aromatic nitrogens is 1. The van der Waals surface area contributed by atoms with Crippen molar-refractivity contribution in [1.29, 1.82) is 0 Å². The van der Waals surface area contributed by atoms with E-state index >= 15 is 0 Å². The molecule has 0 aliphatic rings. The molecule has 0 N–H and O–H groups in total. The van der Waals surface area contributed by atoms with E-state index in [9.17, 15) is 0 Å². The first-order valence-corrected chi connectivity index (χ1v) is 9.21. The molecule has 0 bridgehead atoms. The Kier molecular flexibility index (Phi) is 4.79. The maximum Gasteiger partial charge on any atom is 0.221 e. The Hall–Kier alpha value is -1.30. The molecule has 1 unspecified atom stereocenters. The summed E-state index contributed by atoms with van der Waals surface area (Å²) in [6, 6.07) is 0. The second-order valence-electron chi connectivity index (χ2n) is 6.07. The van der Waals surface area contributed by atoms with Crippen LogP contribution < -0.4 is 0 Å². The maximum absolute atomic E-state index is 8.26. The zero-order chi connectivity index (χ0) is 14.7. The lowest BCUT2D eigenvalue weighted by Crippen LogP contribution is -2.41. The molecular weight excluding hydrogens is 260 g/mol. The van der Waals surface area contributed by atoms with Gasteiger partial charge in [0.25, 0.3) is 0 Å². The van der Waals surface area contributed by atoms with Crippen molar-refractivity contribution >= 4 is 8.32 Å². The third-order valence-corrected chi connectivity index (χ3v) is 8.04. The molecule has 0 aliphatic heterocycles. The quantitative estimate of drug-likeness (QED) is 0.343. The van der Waals surface area contributed by atoms with E-state index in [2.05, 4.69) is 48.9 Å². The SMILES string of the molecule is CC(O[Si](C)(C)C(C)(C)C)c1ncc(CN=[N+]=[N-])o1. The molecule has 1 rings (SSSR count). The van der Waals surface area contributed by atoms with Crippen molar-refractivity contribution < 1.29 is 8.84 Å². The molecule has 0 aromatic carbocycles. The van der Waals surface area contributed by atoms with Gasteiger partial charge in [-0.3, -0.25) is 0 Å². The fourth-order valence-electron chi connectivity index (χ4n) is 1.35. The van der Waals surface area contributed by atoms with Gasteiger partial charge in [-0.1, -0.05) is 25.9 Å². The van der Waals surface area contributed by atoms with Crippen molar-refractivity contribution in [3.05, 3.63) is 28.3 Å². The Morgan fingerprint density at radius 2 is 2.16 bits per heavy atom. The van der Waals surface area contributed by atoms with Crippen molar-refractivity contribution in [2.24, 2.45) is 5.11 Å². The molecule has 1 aromatic rings. The third-order valence-electron chi connectivity index (χ3n) is 3.49. The normalized spacial score (nSPS) is 14.0. The van der Waals surface area contributed by atoms with Crippen molar-refractivity contribution in [3.8, 4) is 0 Å². The van der Waals surface area contributed by atoms with Gasteiger partial charge in [-0.15, -0.1) is 0 Å². The lowest BCUT2D eigenvalue weighted by Gasteiger charge is -2.37. The highest BCUT2D eigenvalue weighted by Crippen LogP contribution is 2.39. The van der Waals surface area contributed by atoms with Crippen LogP contribution >= 0.6 is 0 Å². The molecule has 0 amide bonds. The van der Waals surface area contributed by atoms with E-state index in [1.807, 2.05) is 6.92 Å². The zero-order valence-corrected chi connectivity index (χ0v) is 13.5. The Morgan fingerprint density at radius 1 is 1.53 bits per heavy atom. The predicted molar refractivity (Wildman–Crippen MR) is 76.1 cm³/mol. The standard InChI is InChI=1S/C12H22N4O2Si/c1-9(18-19(5,6)12(2,3)4)11-14-7-10(17-11)8-15-16-13/h7,9H,8H2,1-6H3. The second-order valence-corrected chi connectivity index (χ2v) is 10.8. The third kappa shape index (κ3) is 4.09. The molecule has 0 spiro atoms. The molecule has 0 saturated carbocycles. The molecule has 7 heteroatoms. The highest BCUT2D eigenvalue weighted by atomic mass is 28.4. The van der Waals surface area contributed by atoms with Crippen LogP contribution in [0.5, 0.6) is 0 Å². The molecule has 19 heavy (non-hydrogen) atoms. The summed E-state index contributed by atoms with van der Waals surface area (Å²) in [4.78, 5) is 6.87. The van der Waals surface area contributed by atoms with Crippen molar-refractivity contribution in [2.75, 3.05) is 0 Å². The van der Waals surface area contributed by atoms with Gasteiger partial charge in [0.1, 0.15) is 11.9 Å². The smallest absolute Gasteiger partial charge is 0.221 e. The van der Waals surface area contributed by atoms with Crippen LogP contribution in [-0.2, 0) is 11.0 Å². The van der Waals surface area contributed by atoms with Gasteiger partial charge < -0.3 is 8.84 Å². The molecule has 1 heterocycles. The van der Waals surface area contributed by atoms with Crippen LogP contribution in [-0.4, -0.2) is 13.3 Å². The Bertz CT molecular complexity index is 472. The van der Waals surface area contributed by atoms with Gasteiger partial charge in [-0.05, 0) is 30.6 Å². The number of hydrogen-bond donors (Lipinski definition) is 0. The summed E-state index contributed by atoms with van der Waals surface area (Å²) >= 11 is 0. The molecule has 0 radical (unpaired) electrons. The van der Waals surface area contributed by atoms with Gasteiger partial charge in [-0.25, -0.2) is 4.98 Å². The fraction of sp³-hybridized carbons (Fsp3) is 0.750. The van der Waals surface area contributed by atoms with E-state index in [1.54, 1.807) is 6.20 Å². The molecular formula is C12H22N4O2Si. The average Bonchev–Trinajstić information content (AvgIpc) is 2.72. The number of azide groups is 1. The highest BCUT2D eigenvalue weighted by Gasteiger charge is 2.39. The number of nitrogens with zero attached hydrogens (tertiary/aromatic N) is 4. The minimum Gasteiger partial charge on any atom is -0.443 e. The Morgan fingerprint density at radius 3 is 2.68 bits per heavy atom. The Labute approximate surface area is 114 Å². The number of rotatable bonds is 5. The predicted octanol–water partition coefficient (Wildman–Crippen LogP) is 4.57. The molecule has 0 fully saturated rings. The van der Waals surface area contributed by atoms with Crippen LogP contribution in [0, 0.1) is 0 Å². The summed E-state index contributed by atoms with van der Waals surface area (Å²) in [5.74, 6) is 1.09. The van der Waals surface area contributed by atoms with Crippen molar-refractivity contribution in [3.63, 3.8) is 0 Å². The zero-order valence-electron chi connectivity index (χ0n) is 12.5. The molecule has 1 aromatic heterocycles. The lowest BCUT2D eigenvalue weighted by atomic mass is 10.2. The fourth-order valence-corrected chi connectivity index (χ4v) is 2.69. The van der Waals surface area contributed by atoms with Crippen LogP contribution in [0.25, 0.3) is 10.4 Å². The second kappa shape index (κ2) is 5.77. The maximum atomic E-state index is 8.26. The van der Waals surface area contributed by atoms with Crippen LogP contribution in [0.4, 0.5) is 0 Å². The average molecular weight is 282 g/mol. The first-order valence-electron chi connectivity index (χ1n) is 6.30. The minimum absolute atomic E-state index is 0.141. The van der Waals surface area contributed by atoms with Gasteiger partial charge in [0.15, 0.2) is 8.32 Å². The van der Waals surface area contributed by atoms with E-state index in [4.69, 9.17) is 14.4 Å². The first-order chi connectivity index (χ1) is 8.67. The van der Waals surface area contributed by atoms with Crippen LogP contribution in [0.2, 0.25) is 18.1 Å². The first kappa shape index (κ1) is 15.8. The van der Waals surface area contributed by atoms with E-state index < -0.39 is 8.32 Å². The van der Waals surface area contributed by atoms with E-state index in [-0.39, 0.29) is 17.7 Å². The summed E-state index contributed by atoms with van der Waals surface area (Å²) in [6.07, 6.45) is 1.39. The number of hydrogen-bond acceptors (Lipinski definition) is 4. The van der Waals surface area contributed by atoms with E-state index in [0.29, 0.717) is 11.7 Å². The van der Waals surface area contributed by atoms with Crippen LogP contribution in [0.1, 0.15) is 45.4 Å². The Balaban J connectivity index is 2.76. The van der Waals surface area contributed by atoms with Crippen LogP contribution in [0.15, 0.2) is 15.7 Å². The van der Waals surface area contributed by atoms with Crippen LogP contribution in [0.3, 0.4) is 0 Å². The van der Waals surface area contributed by atoms with Gasteiger partial charge in [0.2, 0.25) is 5.89 Å². The molecule has 6 nitrogen and oxygen atoms in total. The number of oxazole rings is 1. The van der Waals surface area contributed by atoms with E-state index in [1.165, 1.54) is 0 Å². The van der Waals surface area contributed by atoms with E-state index in [0.717, 1.165) is 0 Å². The summed E-state index contributed by atoms with van der Waals surface area (Å²) in [5.41, 5.74) is 8.26.